The highest BCUT2D eigenvalue weighted by atomic mass is 32.2. The number of benzene rings is 3. The third kappa shape index (κ3) is 8.39. The lowest BCUT2D eigenvalue weighted by Crippen LogP contribution is -2.40. The van der Waals surface area contributed by atoms with Crippen LogP contribution in [0.4, 0.5) is 10.1 Å². The van der Waals surface area contributed by atoms with Crippen LogP contribution in [0.3, 0.4) is 0 Å². The van der Waals surface area contributed by atoms with Gasteiger partial charge in [-0.3, -0.25) is 4.79 Å². The van der Waals surface area contributed by atoms with Gasteiger partial charge in [0.1, 0.15) is 17.7 Å². The van der Waals surface area contributed by atoms with E-state index in [1.807, 2.05) is 24.5 Å². The Kier molecular flexibility index (Phi) is 11.2. The van der Waals surface area contributed by atoms with Crippen molar-refractivity contribution in [3.63, 3.8) is 0 Å². The fraction of sp³-hybridized carbons (Fsp3) is 0.387. The molecule has 0 bridgehead atoms. The number of thiol groups is 1. The van der Waals surface area contributed by atoms with Crippen LogP contribution >= 0.6 is 24.4 Å². The third-order valence-corrected chi connectivity index (χ3v) is 8.33. The third-order valence-electron chi connectivity index (χ3n) is 7.29. The SMILES string of the molecule is CSCC[C@H](NC(=O)c1cc(NC[C@@H]2C[C@H](S)CN2)ccc1CCc1ccc(F)cc1)C(O)c1ccccc1O. The quantitative estimate of drug-likeness (QED) is 0.159. The highest BCUT2D eigenvalue weighted by Gasteiger charge is 2.26. The number of carbonyl (C=O) groups is 1. The van der Waals surface area contributed by atoms with Crippen LogP contribution in [0.5, 0.6) is 5.75 Å². The minimum absolute atomic E-state index is 0.00596. The van der Waals surface area contributed by atoms with Crippen molar-refractivity contribution in [2.75, 3.05) is 30.4 Å². The Hall–Kier alpha value is -2.72. The summed E-state index contributed by atoms with van der Waals surface area (Å²) in [5.74, 6) is 0.163. The Balaban J connectivity index is 1.55. The first-order chi connectivity index (χ1) is 19.3. The van der Waals surface area contributed by atoms with Crippen LogP contribution in [0, 0.1) is 5.82 Å². The molecule has 1 amide bonds. The molecule has 0 aliphatic carbocycles. The van der Waals surface area contributed by atoms with Crippen molar-refractivity contribution in [1.82, 2.24) is 10.6 Å². The van der Waals surface area contributed by atoms with E-state index in [2.05, 4.69) is 28.6 Å². The summed E-state index contributed by atoms with van der Waals surface area (Å²) in [6.45, 7) is 1.59. The van der Waals surface area contributed by atoms with E-state index < -0.39 is 12.1 Å². The molecular weight excluding hydrogens is 545 g/mol. The fourth-order valence-corrected chi connectivity index (χ4v) is 5.84. The van der Waals surface area contributed by atoms with E-state index in [0.717, 1.165) is 42.1 Å². The molecule has 1 fully saturated rings. The molecule has 214 valence electrons. The lowest BCUT2D eigenvalue weighted by molar-refractivity contribution is 0.0822. The smallest absolute Gasteiger partial charge is 0.251 e. The summed E-state index contributed by atoms with van der Waals surface area (Å²) >= 11 is 6.18. The Labute approximate surface area is 245 Å². The van der Waals surface area contributed by atoms with E-state index >= 15 is 0 Å². The molecule has 4 rings (SSSR count). The van der Waals surface area contributed by atoms with Crippen molar-refractivity contribution in [2.24, 2.45) is 0 Å². The van der Waals surface area contributed by atoms with Crippen LogP contribution < -0.4 is 16.0 Å². The summed E-state index contributed by atoms with van der Waals surface area (Å²) in [4.78, 5) is 13.8. The number of aliphatic hydroxyl groups excluding tert-OH is 1. The van der Waals surface area contributed by atoms with E-state index in [0.29, 0.717) is 41.7 Å². The number of thioether (sulfide) groups is 1. The topological polar surface area (TPSA) is 93.6 Å². The zero-order valence-electron chi connectivity index (χ0n) is 22.6. The Morgan fingerprint density at radius 1 is 1.15 bits per heavy atom. The van der Waals surface area contributed by atoms with Crippen molar-refractivity contribution >= 4 is 36.0 Å². The van der Waals surface area contributed by atoms with Crippen molar-refractivity contribution in [2.45, 2.75) is 49.1 Å². The number of aliphatic hydroxyl groups is 1. The number of halogens is 1. The first-order valence-corrected chi connectivity index (χ1v) is 15.5. The summed E-state index contributed by atoms with van der Waals surface area (Å²) in [5.41, 5.74) is 3.59. The standard InChI is InChI=1S/C31H38FN3O3S2/c1-40-15-14-28(30(37)26-4-2-3-5-29(26)36)35-31(38)27-17-23(33-18-24-16-25(39)19-34-24)13-10-21(27)9-6-20-7-11-22(32)12-8-20/h2-5,7-8,10-13,17,24-25,28,30,33-34,36-37,39H,6,9,14-16,18-19H2,1H3,(H,35,38)/t24-,25-,28-,30?/m0/s1. The van der Waals surface area contributed by atoms with Crippen LogP contribution in [-0.4, -0.2) is 58.6 Å². The summed E-state index contributed by atoms with van der Waals surface area (Å²) in [5, 5.41) is 31.8. The van der Waals surface area contributed by atoms with E-state index in [1.54, 1.807) is 42.1 Å². The van der Waals surface area contributed by atoms with Gasteiger partial charge in [0, 0.05) is 41.2 Å². The number of phenols is 1. The molecule has 1 unspecified atom stereocenters. The average Bonchev–Trinajstić information content (AvgIpc) is 3.38. The molecule has 1 saturated heterocycles. The van der Waals surface area contributed by atoms with Crippen LogP contribution in [0.1, 0.15) is 46.0 Å². The number of aromatic hydroxyl groups is 1. The van der Waals surface area contributed by atoms with Crippen LogP contribution in [0.25, 0.3) is 0 Å². The number of para-hydroxylation sites is 1. The van der Waals surface area contributed by atoms with Gasteiger partial charge < -0.3 is 26.2 Å². The molecule has 1 aliphatic heterocycles. The van der Waals surface area contributed by atoms with Gasteiger partial charge >= 0.3 is 0 Å². The zero-order chi connectivity index (χ0) is 28.5. The lowest BCUT2D eigenvalue weighted by Gasteiger charge is -2.25. The largest absolute Gasteiger partial charge is 0.508 e. The Morgan fingerprint density at radius 3 is 2.62 bits per heavy atom. The number of hydrogen-bond donors (Lipinski definition) is 6. The number of nitrogens with one attached hydrogen (secondary N) is 3. The maximum atomic E-state index is 13.8. The number of aryl methyl sites for hydroxylation is 2. The number of rotatable bonds is 13. The molecule has 5 N–H and O–H groups in total. The molecule has 40 heavy (non-hydrogen) atoms. The van der Waals surface area contributed by atoms with Gasteiger partial charge in [0.25, 0.3) is 5.91 Å². The first kappa shape index (κ1) is 30.2. The second kappa shape index (κ2) is 14.8. The van der Waals surface area contributed by atoms with Crippen LogP contribution in [0.15, 0.2) is 66.7 Å². The highest BCUT2D eigenvalue weighted by molar-refractivity contribution is 7.98. The van der Waals surface area contributed by atoms with Gasteiger partial charge in [-0.2, -0.15) is 24.4 Å². The maximum absolute atomic E-state index is 13.8. The van der Waals surface area contributed by atoms with E-state index in [4.69, 9.17) is 0 Å². The van der Waals surface area contributed by atoms with Gasteiger partial charge in [-0.1, -0.05) is 36.4 Å². The number of amides is 1. The highest BCUT2D eigenvalue weighted by Crippen LogP contribution is 2.28. The first-order valence-electron chi connectivity index (χ1n) is 13.6. The molecule has 0 saturated carbocycles. The van der Waals surface area contributed by atoms with E-state index in [1.165, 1.54) is 18.2 Å². The molecule has 4 atom stereocenters. The van der Waals surface area contributed by atoms with Gasteiger partial charge in [-0.15, -0.1) is 0 Å². The predicted octanol–water partition coefficient (Wildman–Crippen LogP) is 4.97. The Bertz CT molecular complexity index is 1260. The summed E-state index contributed by atoms with van der Waals surface area (Å²) in [6.07, 6.45) is 3.66. The average molecular weight is 584 g/mol. The second-order valence-electron chi connectivity index (χ2n) is 10.2. The zero-order valence-corrected chi connectivity index (χ0v) is 24.4. The molecule has 6 nitrogen and oxygen atoms in total. The molecule has 3 aromatic rings. The molecule has 3 aromatic carbocycles. The molecule has 9 heteroatoms. The van der Waals surface area contributed by atoms with Gasteiger partial charge in [0.15, 0.2) is 0 Å². The van der Waals surface area contributed by atoms with Crippen LogP contribution in [-0.2, 0) is 12.8 Å². The van der Waals surface area contributed by atoms with E-state index in [-0.39, 0.29) is 17.5 Å². The maximum Gasteiger partial charge on any atom is 0.251 e. The monoisotopic (exact) mass is 583 g/mol. The minimum atomic E-state index is -1.07. The number of hydrogen-bond acceptors (Lipinski definition) is 7. The lowest BCUT2D eigenvalue weighted by atomic mass is 9.96. The van der Waals surface area contributed by atoms with Gasteiger partial charge in [0.05, 0.1) is 6.04 Å². The predicted molar refractivity (Wildman–Crippen MR) is 165 cm³/mol. The normalized spacial score (nSPS) is 18.3. The molecular formula is C31H38FN3O3S2. The van der Waals surface area contributed by atoms with Crippen molar-refractivity contribution in [1.29, 1.82) is 0 Å². The summed E-state index contributed by atoms with van der Waals surface area (Å²) in [6, 6.07) is 18.6. The van der Waals surface area contributed by atoms with Gasteiger partial charge in [-0.25, -0.2) is 4.39 Å². The van der Waals surface area contributed by atoms with Crippen molar-refractivity contribution in [3.05, 3.63) is 94.8 Å². The van der Waals surface area contributed by atoms with Gasteiger partial charge in [-0.05, 0) is 79.2 Å². The number of anilines is 1. The molecule has 1 heterocycles. The number of carbonyl (C=O) groups excluding carboxylic acids is 1. The molecule has 1 aliphatic rings. The van der Waals surface area contributed by atoms with Crippen molar-refractivity contribution < 1.29 is 19.4 Å². The second-order valence-corrected chi connectivity index (χ2v) is 12.0. The number of phenolic OH excluding ortho intramolecular Hbond substituents is 1. The summed E-state index contributed by atoms with van der Waals surface area (Å²) in [7, 11) is 0. The molecule has 0 aromatic heterocycles. The summed E-state index contributed by atoms with van der Waals surface area (Å²) < 4.78 is 13.4. The van der Waals surface area contributed by atoms with Crippen LogP contribution in [0.2, 0.25) is 0 Å². The molecule has 0 radical (unpaired) electrons. The Morgan fingerprint density at radius 2 is 1.93 bits per heavy atom. The fourth-order valence-electron chi connectivity index (χ4n) is 4.99. The van der Waals surface area contributed by atoms with Crippen molar-refractivity contribution in [3.8, 4) is 5.75 Å². The minimum Gasteiger partial charge on any atom is -0.508 e. The van der Waals surface area contributed by atoms with E-state index in [9.17, 15) is 19.4 Å². The molecule has 0 spiro atoms. The van der Waals surface area contributed by atoms with Gasteiger partial charge in [0.2, 0.25) is 0 Å².